The number of likely N-dealkylation sites (tertiary alicyclic amines) is 1. The fraction of sp³-hybridized carbons (Fsp3) is 1.00. The van der Waals surface area contributed by atoms with Gasteiger partial charge in [0.2, 0.25) is 0 Å². The van der Waals surface area contributed by atoms with E-state index in [9.17, 15) is 8.78 Å². The van der Waals surface area contributed by atoms with Crippen LogP contribution in [0.2, 0.25) is 0 Å². The van der Waals surface area contributed by atoms with Crippen molar-refractivity contribution in [3.8, 4) is 0 Å². The van der Waals surface area contributed by atoms with Gasteiger partial charge in [-0.3, -0.25) is 4.90 Å². The van der Waals surface area contributed by atoms with Crippen LogP contribution < -0.4 is 0 Å². The minimum atomic E-state index is -2.66. The van der Waals surface area contributed by atoms with Gasteiger partial charge in [-0.15, -0.1) is 0 Å². The molecular weight excluding hydrogens is 152 g/mol. The number of hydrogen-bond acceptors (Lipinski definition) is 2. The Bertz CT molecular complexity index is 140. The van der Waals surface area contributed by atoms with Gasteiger partial charge in [0.1, 0.15) is 6.10 Å². The topological polar surface area (TPSA) is 12.5 Å². The first-order valence-corrected chi connectivity index (χ1v) is 3.73. The summed E-state index contributed by atoms with van der Waals surface area (Å²) in [6.45, 7) is 2.71. The Kier molecular flexibility index (Phi) is 2.44. The molecule has 0 spiro atoms. The first kappa shape index (κ1) is 8.87. The third-order valence-electron chi connectivity index (χ3n) is 2.06. The molecule has 1 heterocycles. The molecule has 0 aromatic rings. The lowest BCUT2D eigenvalue weighted by Gasteiger charge is -2.14. The predicted octanol–water partition coefficient (Wildman–Crippen LogP) is 0.972. The molecule has 1 aliphatic rings. The Morgan fingerprint density at radius 3 is 2.55 bits per heavy atom. The average molecular weight is 165 g/mol. The SMILES string of the molecule is CCN1CC(OC)C(F)(F)C1. The van der Waals surface area contributed by atoms with Crippen molar-refractivity contribution in [3.05, 3.63) is 0 Å². The van der Waals surface area contributed by atoms with Gasteiger partial charge in [-0.2, -0.15) is 0 Å². The third kappa shape index (κ3) is 1.68. The van der Waals surface area contributed by atoms with Crippen molar-refractivity contribution in [1.29, 1.82) is 0 Å². The standard InChI is InChI=1S/C7H13F2NO/c1-3-10-4-6(11-2)7(8,9)5-10/h6H,3-5H2,1-2H3. The number of methoxy groups -OCH3 is 1. The Balaban J connectivity index is 2.55. The monoisotopic (exact) mass is 165 g/mol. The van der Waals surface area contributed by atoms with Gasteiger partial charge < -0.3 is 4.74 Å². The van der Waals surface area contributed by atoms with Crippen LogP contribution in [0.5, 0.6) is 0 Å². The summed E-state index contributed by atoms with van der Waals surface area (Å²) in [5, 5.41) is 0. The minimum absolute atomic E-state index is 0.165. The minimum Gasteiger partial charge on any atom is -0.374 e. The maximum Gasteiger partial charge on any atom is 0.287 e. The molecule has 0 amide bonds. The summed E-state index contributed by atoms with van der Waals surface area (Å²) in [5.41, 5.74) is 0. The summed E-state index contributed by atoms with van der Waals surface area (Å²) in [5.74, 6) is -2.66. The largest absolute Gasteiger partial charge is 0.374 e. The highest BCUT2D eigenvalue weighted by Crippen LogP contribution is 2.28. The van der Waals surface area contributed by atoms with Crippen LogP contribution in [0.4, 0.5) is 8.78 Å². The van der Waals surface area contributed by atoms with E-state index in [1.165, 1.54) is 7.11 Å². The Labute approximate surface area is 65.1 Å². The summed E-state index contributed by atoms with van der Waals surface area (Å²) in [6.07, 6.45) is -0.914. The van der Waals surface area contributed by atoms with Crippen LogP contribution in [-0.2, 0) is 4.74 Å². The molecule has 1 unspecified atom stereocenters. The van der Waals surface area contributed by atoms with Gasteiger partial charge in [0.25, 0.3) is 5.92 Å². The summed E-state index contributed by atoms with van der Waals surface area (Å²) in [6, 6.07) is 0. The average Bonchev–Trinajstić information content (AvgIpc) is 2.24. The maximum absolute atomic E-state index is 12.9. The first-order chi connectivity index (χ1) is 5.10. The maximum atomic E-state index is 12.9. The highest BCUT2D eigenvalue weighted by Gasteiger charge is 2.47. The quantitative estimate of drug-likeness (QED) is 0.604. The second-order valence-corrected chi connectivity index (χ2v) is 2.81. The van der Waals surface area contributed by atoms with Gasteiger partial charge in [-0.1, -0.05) is 6.92 Å². The number of ether oxygens (including phenoxy) is 1. The van der Waals surface area contributed by atoms with Crippen LogP contribution in [-0.4, -0.2) is 43.7 Å². The summed E-state index contributed by atoms with van der Waals surface area (Å²) >= 11 is 0. The molecule has 4 heteroatoms. The highest BCUT2D eigenvalue weighted by molar-refractivity contribution is 4.90. The Morgan fingerprint density at radius 1 is 1.64 bits per heavy atom. The molecule has 1 aliphatic heterocycles. The van der Waals surface area contributed by atoms with Gasteiger partial charge in [0, 0.05) is 13.7 Å². The molecule has 1 fully saturated rings. The van der Waals surface area contributed by atoms with Crippen molar-refractivity contribution in [2.24, 2.45) is 0 Å². The highest BCUT2D eigenvalue weighted by atomic mass is 19.3. The first-order valence-electron chi connectivity index (χ1n) is 3.73. The zero-order chi connectivity index (χ0) is 8.48. The summed E-state index contributed by atoms with van der Waals surface area (Å²) < 4.78 is 30.4. The van der Waals surface area contributed by atoms with Crippen LogP contribution in [0.1, 0.15) is 6.92 Å². The zero-order valence-electron chi connectivity index (χ0n) is 6.81. The molecule has 0 bridgehead atoms. The predicted molar refractivity (Wildman–Crippen MR) is 37.9 cm³/mol. The van der Waals surface area contributed by atoms with Crippen molar-refractivity contribution >= 4 is 0 Å². The van der Waals surface area contributed by atoms with Crippen LogP contribution >= 0.6 is 0 Å². The lowest BCUT2D eigenvalue weighted by molar-refractivity contribution is -0.0899. The number of alkyl halides is 2. The van der Waals surface area contributed by atoms with E-state index in [1.807, 2.05) is 6.92 Å². The van der Waals surface area contributed by atoms with Gasteiger partial charge in [0.15, 0.2) is 0 Å². The fourth-order valence-corrected chi connectivity index (χ4v) is 1.32. The van der Waals surface area contributed by atoms with E-state index in [-0.39, 0.29) is 6.54 Å². The number of nitrogens with zero attached hydrogens (tertiary/aromatic N) is 1. The normalized spacial score (nSPS) is 31.1. The number of hydrogen-bond donors (Lipinski definition) is 0. The molecule has 0 aromatic heterocycles. The smallest absolute Gasteiger partial charge is 0.287 e. The Morgan fingerprint density at radius 2 is 2.27 bits per heavy atom. The van der Waals surface area contributed by atoms with Crippen molar-refractivity contribution in [3.63, 3.8) is 0 Å². The molecule has 0 saturated carbocycles. The molecule has 0 aromatic carbocycles. The summed E-state index contributed by atoms with van der Waals surface area (Å²) in [4.78, 5) is 1.69. The van der Waals surface area contributed by atoms with Crippen LogP contribution in [0.25, 0.3) is 0 Å². The van der Waals surface area contributed by atoms with E-state index < -0.39 is 12.0 Å². The van der Waals surface area contributed by atoms with Crippen molar-refractivity contribution in [1.82, 2.24) is 4.90 Å². The van der Waals surface area contributed by atoms with Crippen LogP contribution in [0, 0.1) is 0 Å². The lowest BCUT2D eigenvalue weighted by atomic mass is 10.2. The molecule has 1 rings (SSSR count). The van der Waals surface area contributed by atoms with E-state index in [2.05, 4.69) is 4.74 Å². The Hall–Kier alpha value is -0.220. The second-order valence-electron chi connectivity index (χ2n) is 2.81. The third-order valence-corrected chi connectivity index (χ3v) is 2.06. The van der Waals surface area contributed by atoms with E-state index in [1.54, 1.807) is 4.90 Å². The van der Waals surface area contributed by atoms with Gasteiger partial charge in [-0.25, -0.2) is 8.78 Å². The molecule has 1 saturated heterocycles. The fourth-order valence-electron chi connectivity index (χ4n) is 1.32. The number of rotatable bonds is 2. The van der Waals surface area contributed by atoms with E-state index in [0.29, 0.717) is 13.1 Å². The molecular formula is C7H13F2NO. The molecule has 0 radical (unpaired) electrons. The molecule has 0 N–H and O–H groups in total. The second kappa shape index (κ2) is 3.03. The van der Waals surface area contributed by atoms with Crippen LogP contribution in [0.3, 0.4) is 0 Å². The van der Waals surface area contributed by atoms with Gasteiger partial charge in [0.05, 0.1) is 6.54 Å². The molecule has 1 atom stereocenters. The molecule has 2 nitrogen and oxygen atoms in total. The zero-order valence-corrected chi connectivity index (χ0v) is 6.81. The van der Waals surface area contributed by atoms with E-state index in [4.69, 9.17) is 0 Å². The summed E-state index contributed by atoms with van der Waals surface area (Å²) in [7, 11) is 1.33. The van der Waals surface area contributed by atoms with Crippen molar-refractivity contribution in [2.75, 3.05) is 26.7 Å². The van der Waals surface area contributed by atoms with Gasteiger partial charge >= 0.3 is 0 Å². The van der Waals surface area contributed by atoms with E-state index in [0.717, 1.165) is 0 Å². The van der Waals surface area contributed by atoms with Crippen molar-refractivity contribution in [2.45, 2.75) is 19.0 Å². The number of halogens is 2. The lowest BCUT2D eigenvalue weighted by Crippen LogP contribution is -2.33. The van der Waals surface area contributed by atoms with E-state index >= 15 is 0 Å². The van der Waals surface area contributed by atoms with Gasteiger partial charge in [-0.05, 0) is 6.54 Å². The van der Waals surface area contributed by atoms with Crippen LogP contribution in [0.15, 0.2) is 0 Å². The van der Waals surface area contributed by atoms with Crippen molar-refractivity contribution < 1.29 is 13.5 Å². The molecule has 11 heavy (non-hydrogen) atoms. The number of likely N-dealkylation sites (N-methyl/N-ethyl adjacent to an activating group) is 1. The molecule has 66 valence electrons. The molecule has 0 aliphatic carbocycles.